The Bertz CT molecular complexity index is 289. The van der Waals surface area contributed by atoms with E-state index in [0.29, 0.717) is 25.6 Å². The van der Waals surface area contributed by atoms with E-state index in [0.717, 1.165) is 31.6 Å². The van der Waals surface area contributed by atoms with Crippen molar-refractivity contribution in [1.82, 2.24) is 0 Å². The summed E-state index contributed by atoms with van der Waals surface area (Å²) in [5.41, 5.74) is -0.534. The van der Waals surface area contributed by atoms with Crippen molar-refractivity contribution in [1.29, 1.82) is 0 Å². The SMILES string of the molecule is CCOC1(C(=O)C2CCCC(CC)C2)CCOCC1. The summed E-state index contributed by atoms with van der Waals surface area (Å²) in [5.74, 6) is 1.33. The molecule has 1 saturated heterocycles. The van der Waals surface area contributed by atoms with Crippen molar-refractivity contribution in [3.05, 3.63) is 0 Å². The molecule has 0 amide bonds. The number of ketones is 1. The Labute approximate surface area is 117 Å². The highest BCUT2D eigenvalue weighted by atomic mass is 16.5. The molecule has 0 aromatic heterocycles. The summed E-state index contributed by atoms with van der Waals surface area (Å²) in [6.07, 6.45) is 7.32. The van der Waals surface area contributed by atoms with Gasteiger partial charge in [0.1, 0.15) is 5.60 Å². The number of hydrogen-bond donors (Lipinski definition) is 0. The maximum absolute atomic E-state index is 12.9. The smallest absolute Gasteiger partial charge is 0.167 e. The molecule has 2 atom stereocenters. The van der Waals surface area contributed by atoms with Crippen molar-refractivity contribution in [3.8, 4) is 0 Å². The van der Waals surface area contributed by atoms with Gasteiger partial charge in [-0.15, -0.1) is 0 Å². The van der Waals surface area contributed by atoms with Crippen LogP contribution in [0, 0.1) is 11.8 Å². The summed E-state index contributed by atoms with van der Waals surface area (Å²) in [7, 11) is 0. The molecular weight excluding hydrogens is 240 g/mol. The summed E-state index contributed by atoms with van der Waals surface area (Å²) >= 11 is 0. The van der Waals surface area contributed by atoms with Crippen LogP contribution >= 0.6 is 0 Å². The van der Waals surface area contributed by atoms with Crippen LogP contribution in [0.2, 0.25) is 0 Å². The van der Waals surface area contributed by atoms with Gasteiger partial charge in [0.05, 0.1) is 0 Å². The Morgan fingerprint density at radius 2 is 2.00 bits per heavy atom. The molecule has 3 heteroatoms. The van der Waals surface area contributed by atoms with Crippen LogP contribution in [0.25, 0.3) is 0 Å². The van der Waals surface area contributed by atoms with Gasteiger partial charge in [-0.05, 0) is 25.7 Å². The number of Topliss-reactive ketones (excluding diaryl/α,β-unsaturated/α-hetero) is 1. The summed E-state index contributed by atoms with van der Waals surface area (Å²) in [4.78, 5) is 12.9. The van der Waals surface area contributed by atoms with Crippen LogP contribution in [0.15, 0.2) is 0 Å². The molecule has 2 unspecified atom stereocenters. The number of ether oxygens (including phenoxy) is 2. The molecule has 1 aliphatic heterocycles. The van der Waals surface area contributed by atoms with Gasteiger partial charge in [0.15, 0.2) is 5.78 Å². The average Bonchev–Trinajstić information content (AvgIpc) is 2.48. The molecule has 110 valence electrons. The van der Waals surface area contributed by atoms with Gasteiger partial charge in [-0.1, -0.05) is 26.2 Å². The molecule has 0 radical (unpaired) electrons. The lowest BCUT2D eigenvalue weighted by molar-refractivity contribution is -0.163. The largest absolute Gasteiger partial charge is 0.381 e. The van der Waals surface area contributed by atoms with E-state index in [-0.39, 0.29) is 5.92 Å². The van der Waals surface area contributed by atoms with Gasteiger partial charge in [0, 0.05) is 38.6 Å². The Balaban J connectivity index is 2.05. The molecule has 0 bridgehead atoms. The number of hydrogen-bond acceptors (Lipinski definition) is 3. The maximum atomic E-state index is 12.9. The van der Waals surface area contributed by atoms with Gasteiger partial charge in [0.2, 0.25) is 0 Å². The first-order valence-electron chi connectivity index (χ1n) is 7.98. The van der Waals surface area contributed by atoms with Crippen molar-refractivity contribution in [2.45, 2.75) is 64.4 Å². The van der Waals surface area contributed by atoms with Gasteiger partial charge < -0.3 is 9.47 Å². The van der Waals surface area contributed by atoms with Gasteiger partial charge in [-0.25, -0.2) is 0 Å². The second-order valence-electron chi connectivity index (χ2n) is 6.04. The fraction of sp³-hybridized carbons (Fsp3) is 0.938. The lowest BCUT2D eigenvalue weighted by Crippen LogP contribution is -2.50. The van der Waals surface area contributed by atoms with E-state index in [2.05, 4.69) is 6.92 Å². The van der Waals surface area contributed by atoms with Crippen LogP contribution < -0.4 is 0 Å². The van der Waals surface area contributed by atoms with Crippen LogP contribution in [0.4, 0.5) is 0 Å². The molecule has 0 aromatic carbocycles. The predicted molar refractivity (Wildman–Crippen MR) is 75.2 cm³/mol. The Morgan fingerprint density at radius 3 is 2.63 bits per heavy atom. The molecule has 0 aromatic rings. The van der Waals surface area contributed by atoms with E-state index in [9.17, 15) is 4.79 Å². The molecule has 1 saturated carbocycles. The topological polar surface area (TPSA) is 35.5 Å². The molecule has 1 aliphatic carbocycles. The van der Waals surface area contributed by atoms with Crippen LogP contribution in [0.5, 0.6) is 0 Å². The third kappa shape index (κ3) is 3.38. The quantitative estimate of drug-likeness (QED) is 0.767. The monoisotopic (exact) mass is 268 g/mol. The van der Waals surface area contributed by atoms with Crippen LogP contribution in [-0.4, -0.2) is 31.2 Å². The van der Waals surface area contributed by atoms with Gasteiger partial charge in [-0.3, -0.25) is 4.79 Å². The minimum Gasteiger partial charge on any atom is -0.381 e. The van der Waals surface area contributed by atoms with E-state index in [1.807, 2.05) is 6.92 Å². The molecule has 0 spiro atoms. The highest BCUT2D eigenvalue weighted by Gasteiger charge is 2.44. The zero-order chi connectivity index (χ0) is 13.7. The predicted octanol–water partition coefficient (Wildman–Crippen LogP) is 3.36. The second kappa shape index (κ2) is 6.85. The third-order valence-electron chi connectivity index (χ3n) is 4.90. The van der Waals surface area contributed by atoms with Crippen LogP contribution in [-0.2, 0) is 14.3 Å². The van der Waals surface area contributed by atoms with E-state index >= 15 is 0 Å². The average molecular weight is 268 g/mol. The van der Waals surface area contributed by atoms with Crippen molar-refractivity contribution in [2.75, 3.05) is 19.8 Å². The summed E-state index contributed by atoms with van der Waals surface area (Å²) in [5, 5.41) is 0. The summed E-state index contributed by atoms with van der Waals surface area (Å²) in [6.45, 7) is 6.17. The van der Waals surface area contributed by atoms with E-state index < -0.39 is 5.60 Å². The Morgan fingerprint density at radius 1 is 1.26 bits per heavy atom. The minimum atomic E-state index is -0.534. The lowest BCUT2D eigenvalue weighted by atomic mass is 9.72. The van der Waals surface area contributed by atoms with Crippen molar-refractivity contribution >= 4 is 5.78 Å². The lowest BCUT2D eigenvalue weighted by Gasteiger charge is -2.39. The summed E-state index contributed by atoms with van der Waals surface area (Å²) in [6, 6.07) is 0. The molecule has 0 N–H and O–H groups in total. The first-order valence-corrected chi connectivity index (χ1v) is 7.98. The fourth-order valence-electron chi connectivity index (χ4n) is 3.71. The van der Waals surface area contributed by atoms with Crippen molar-refractivity contribution in [2.24, 2.45) is 11.8 Å². The molecule has 2 fully saturated rings. The van der Waals surface area contributed by atoms with E-state index in [1.165, 1.54) is 19.3 Å². The van der Waals surface area contributed by atoms with Crippen LogP contribution in [0.1, 0.15) is 58.8 Å². The number of carbonyl (C=O) groups excluding carboxylic acids is 1. The molecule has 19 heavy (non-hydrogen) atoms. The first kappa shape index (κ1) is 15.0. The first-order chi connectivity index (χ1) is 9.22. The molecule has 3 nitrogen and oxygen atoms in total. The van der Waals surface area contributed by atoms with Crippen molar-refractivity contribution in [3.63, 3.8) is 0 Å². The van der Waals surface area contributed by atoms with E-state index in [4.69, 9.17) is 9.47 Å². The zero-order valence-corrected chi connectivity index (χ0v) is 12.5. The van der Waals surface area contributed by atoms with Crippen molar-refractivity contribution < 1.29 is 14.3 Å². The van der Waals surface area contributed by atoms with Gasteiger partial charge >= 0.3 is 0 Å². The number of rotatable bonds is 5. The number of carbonyl (C=O) groups is 1. The third-order valence-corrected chi connectivity index (χ3v) is 4.90. The van der Waals surface area contributed by atoms with Gasteiger partial charge in [0.25, 0.3) is 0 Å². The molecule has 2 rings (SSSR count). The maximum Gasteiger partial charge on any atom is 0.167 e. The molecule has 1 heterocycles. The normalized spacial score (nSPS) is 31.1. The minimum absolute atomic E-state index is 0.225. The second-order valence-corrected chi connectivity index (χ2v) is 6.04. The molecule has 2 aliphatic rings. The van der Waals surface area contributed by atoms with E-state index in [1.54, 1.807) is 0 Å². The fourth-order valence-corrected chi connectivity index (χ4v) is 3.71. The zero-order valence-electron chi connectivity index (χ0n) is 12.5. The molecular formula is C16H28O3. The summed E-state index contributed by atoms with van der Waals surface area (Å²) < 4.78 is 11.3. The van der Waals surface area contributed by atoms with Gasteiger partial charge in [-0.2, -0.15) is 0 Å². The Kier molecular flexibility index (Phi) is 5.40. The Hall–Kier alpha value is -0.410. The standard InChI is InChI=1S/C16H28O3/c1-3-13-6-5-7-14(12-13)15(17)16(19-4-2)8-10-18-11-9-16/h13-14H,3-12H2,1-2H3. The van der Waals surface area contributed by atoms with Crippen LogP contribution in [0.3, 0.4) is 0 Å². The highest BCUT2D eigenvalue weighted by Crippen LogP contribution is 2.37. The highest BCUT2D eigenvalue weighted by molar-refractivity contribution is 5.89.